The number of ketones is 3. The zero-order chi connectivity index (χ0) is 29.5. The number of carbonyl (C=O) groups excluding carboxylic acids is 4. The van der Waals surface area contributed by atoms with Crippen molar-refractivity contribution >= 4 is 23.3 Å². The number of hydrogen-bond donors (Lipinski definition) is 4. The van der Waals surface area contributed by atoms with Crippen molar-refractivity contribution in [2.75, 3.05) is 6.61 Å². The largest absolute Gasteiger partial charge is 0.511 e. The number of fused-ring (bicyclic) bond motifs is 3. The van der Waals surface area contributed by atoms with Gasteiger partial charge in [-0.05, 0) is 61.1 Å². The summed E-state index contributed by atoms with van der Waals surface area (Å²) in [5.74, 6) is -6.05. The molecule has 0 bridgehead atoms. The lowest BCUT2D eigenvalue weighted by Crippen LogP contribution is -2.56. The lowest BCUT2D eigenvalue weighted by atomic mass is 9.59. The molecule has 0 radical (unpaired) electrons. The van der Waals surface area contributed by atoms with Crippen LogP contribution in [0.5, 0.6) is 5.75 Å². The first kappa shape index (κ1) is 29.5. The van der Waals surface area contributed by atoms with Crippen LogP contribution in [0.2, 0.25) is 0 Å². The van der Waals surface area contributed by atoms with Crippen LogP contribution in [0.25, 0.3) is 0 Å². The Balaban J connectivity index is 1.73. The summed E-state index contributed by atoms with van der Waals surface area (Å²) < 4.78 is 5.27. The van der Waals surface area contributed by atoms with Crippen LogP contribution < -0.4 is 0 Å². The Morgan fingerprint density at radius 2 is 1.82 bits per heavy atom. The predicted molar refractivity (Wildman–Crippen MR) is 145 cm³/mol. The van der Waals surface area contributed by atoms with Gasteiger partial charge in [-0.1, -0.05) is 39.7 Å². The molecule has 0 aromatic heterocycles. The van der Waals surface area contributed by atoms with E-state index < -0.39 is 57.8 Å². The van der Waals surface area contributed by atoms with Crippen LogP contribution >= 0.6 is 0 Å². The van der Waals surface area contributed by atoms with E-state index in [-0.39, 0.29) is 54.9 Å². The first-order valence-electron chi connectivity index (χ1n) is 14.1. The Morgan fingerprint density at radius 1 is 1.12 bits per heavy atom. The van der Waals surface area contributed by atoms with Gasteiger partial charge in [-0.3, -0.25) is 19.2 Å². The number of allylic oxidation sites excluding steroid dienone is 2. The van der Waals surface area contributed by atoms with Gasteiger partial charge in [0, 0.05) is 24.3 Å². The average Bonchev–Trinajstić information content (AvgIpc) is 2.87. The highest BCUT2D eigenvalue weighted by molar-refractivity contribution is 6.25. The third-order valence-corrected chi connectivity index (χ3v) is 8.51. The molecule has 0 saturated heterocycles. The van der Waals surface area contributed by atoms with Crippen LogP contribution in [0.15, 0.2) is 28.7 Å². The fraction of sp³-hybridized carbons (Fsp3) is 0.548. The maximum absolute atomic E-state index is 13.9. The monoisotopic (exact) mass is 554 g/mol. The molecule has 0 fully saturated rings. The van der Waals surface area contributed by atoms with Crippen molar-refractivity contribution in [3.63, 3.8) is 0 Å². The van der Waals surface area contributed by atoms with Crippen LogP contribution in [0.1, 0.15) is 99.2 Å². The van der Waals surface area contributed by atoms with E-state index in [9.17, 15) is 39.6 Å². The van der Waals surface area contributed by atoms with E-state index in [0.717, 1.165) is 31.7 Å². The molecule has 4 rings (SSSR count). The second kappa shape index (κ2) is 11.2. The van der Waals surface area contributed by atoms with E-state index in [2.05, 4.69) is 6.92 Å². The van der Waals surface area contributed by atoms with Gasteiger partial charge in [-0.25, -0.2) is 0 Å². The van der Waals surface area contributed by atoms with Gasteiger partial charge in [0.25, 0.3) is 0 Å². The molecule has 1 aromatic rings. The maximum atomic E-state index is 13.9. The third-order valence-electron chi connectivity index (χ3n) is 8.51. The first-order valence-corrected chi connectivity index (χ1v) is 14.1. The van der Waals surface area contributed by atoms with E-state index in [4.69, 9.17) is 4.74 Å². The number of aromatic hydroxyl groups is 1. The highest BCUT2D eigenvalue weighted by Crippen LogP contribution is 2.52. The lowest BCUT2D eigenvalue weighted by molar-refractivity contribution is -0.144. The van der Waals surface area contributed by atoms with Crippen LogP contribution in [-0.2, 0) is 32.0 Å². The highest BCUT2D eigenvalue weighted by atomic mass is 16.5. The van der Waals surface area contributed by atoms with Gasteiger partial charge in [-0.2, -0.15) is 0 Å². The van der Waals surface area contributed by atoms with E-state index in [0.29, 0.717) is 17.7 Å². The summed E-state index contributed by atoms with van der Waals surface area (Å²) in [6, 6.07) is 1.81. The van der Waals surface area contributed by atoms with Gasteiger partial charge in [0.2, 0.25) is 5.78 Å². The Kier molecular flexibility index (Phi) is 8.26. The number of esters is 1. The van der Waals surface area contributed by atoms with E-state index >= 15 is 0 Å². The quantitative estimate of drug-likeness (QED) is 0.196. The molecule has 3 aliphatic carbocycles. The molecule has 0 aliphatic heterocycles. The number of aliphatic hydroxyl groups excluding tert-OH is 2. The predicted octanol–water partition coefficient (Wildman–Crippen LogP) is 4.47. The molecule has 216 valence electrons. The number of aliphatic hydroxyl groups is 3. The first-order chi connectivity index (χ1) is 18.8. The molecule has 3 aliphatic rings. The SMILES string of the molecule is CCCCCOC(=O)CCc1cc(C(C)C)c2c(c1O)C(=O)C1=C(O)[C@@]3(O)C(=O)C(C(C)=O)=C(O)C[C@H]3C[C@H]1C2. The summed E-state index contributed by atoms with van der Waals surface area (Å²) in [4.78, 5) is 51.5. The summed E-state index contributed by atoms with van der Waals surface area (Å²) in [5, 5.41) is 44.4. The number of phenols is 1. The number of aryl methyl sites for hydroxylation is 1. The minimum absolute atomic E-state index is 0.00852. The lowest BCUT2D eigenvalue weighted by Gasteiger charge is -2.46. The molecule has 4 N–H and O–H groups in total. The third kappa shape index (κ3) is 4.85. The zero-order valence-corrected chi connectivity index (χ0v) is 23.5. The summed E-state index contributed by atoms with van der Waals surface area (Å²) >= 11 is 0. The van der Waals surface area contributed by atoms with E-state index in [1.165, 1.54) is 0 Å². The molecule has 0 amide bonds. The van der Waals surface area contributed by atoms with Crippen molar-refractivity contribution in [3.8, 4) is 5.75 Å². The molecule has 40 heavy (non-hydrogen) atoms. The number of Topliss-reactive ketones (excluding diaryl/α,β-unsaturated/α-hetero) is 3. The normalized spacial score (nSPS) is 24.1. The Bertz CT molecular complexity index is 1330. The molecule has 9 nitrogen and oxygen atoms in total. The topological polar surface area (TPSA) is 158 Å². The summed E-state index contributed by atoms with van der Waals surface area (Å²) in [6.07, 6.45) is 3.08. The number of carbonyl (C=O) groups is 4. The highest BCUT2D eigenvalue weighted by Gasteiger charge is 2.59. The van der Waals surface area contributed by atoms with Crippen LogP contribution in [-0.4, -0.2) is 56.0 Å². The van der Waals surface area contributed by atoms with Crippen molar-refractivity contribution in [1.29, 1.82) is 0 Å². The molecule has 0 heterocycles. The van der Waals surface area contributed by atoms with Crippen molar-refractivity contribution in [1.82, 2.24) is 0 Å². The number of benzene rings is 1. The van der Waals surface area contributed by atoms with Crippen molar-refractivity contribution in [2.45, 2.75) is 90.6 Å². The van der Waals surface area contributed by atoms with Gasteiger partial charge < -0.3 is 25.2 Å². The molecule has 0 unspecified atom stereocenters. The number of phenolic OH excluding ortho intramolecular Hbond substituents is 1. The second-order valence-corrected chi connectivity index (χ2v) is 11.5. The number of unbranched alkanes of at least 4 members (excludes halogenated alkanes) is 2. The van der Waals surface area contributed by atoms with E-state index in [1.54, 1.807) is 0 Å². The molecule has 1 aromatic carbocycles. The Hall–Kier alpha value is -3.46. The second-order valence-electron chi connectivity index (χ2n) is 11.5. The van der Waals surface area contributed by atoms with Gasteiger partial charge in [0.05, 0.1) is 12.2 Å². The summed E-state index contributed by atoms with van der Waals surface area (Å²) in [7, 11) is 0. The standard InChI is InChI=1S/C31H38O9/c1-5-6-7-10-40-23(34)9-8-17-12-20(15(2)3)21-13-18-11-19-14-22(33)24(16(4)32)29(37)31(19,39)30(38)25(18)28(36)26(21)27(17)35/h12,15,18-19,33,35,38-39H,5-11,13-14H2,1-4H3/t18-,19+,31-/m0/s1. The van der Waals surface area contributed by atoms with Crippen molar-refractivity contribution in [2.24, 2.45) is 11.8 Å². The molecular weight excluding hydrogens is 516 g/mol. The molecule has 9 heteroatoms. The molecular formula is C31H38O9. The summed E-state index contributed by atoms with van der Waals surface area (Å²) in [6.45, 7) is 7.37. The van der Waals surface area contributed by atoms with Gasteiger partial charge >= 0.3 is 5.97 Å². The Morgan fingerprint density at radius 3 is 2.45 bits per heavy atom. The minimum atomic E-state index is -2.53. The minimum Gasteiger partial charge on any atom is -0.511 e. The summed E-state index contributed by atoms with van der Waals surface area (Å²) in [5.41, 5.74) is -1.43. The maximum Gasteiger partial charge on any atom is 0.306 e. The molecule has 3 atom stereocenters. The van der Waals surface area contributed by atoms with Crippen LogP contribution in [0, 0.1) is 11.8 Å². The van der Waals surface area contributed by atoms with Gasteiger partial charge in [-0.15, -0.1) is 0 Å². The van der Waals surface area contributed by atoms with Crippen molar-refractivity contribution < 1.29 is 44.3 Å². The van der Waals surface area contributed by atoms with Gasteiger partial charge in [0.15, 0.2) is 17.2 Å². The molecule has 0 spiro atoms. The fourth-order valence-electron chi connectivity index (χ4n) is 6.44. The average molecular weight is 555 g/mol. The number of rotatable bonds is 9. The number of ether oxygens (including phenoxy) is 1. The van der Waals surface area contributed by atoms with Crippen molar-refractivity contribution in [3.05, 3.63) is 51.0 Å². The molecule has 0 saturated carbocycles. The van der Waals surface area contributed by atoms with Crippen LogP contribution in [0.3, 0.4) is 0 Å². The van der Waals surface area contributed by atoms with Crippen LogP contribution in [0.4, 0.5) is 0 Å². The van der Waals surface area contributed by atoms with Gasteiger partial charge in [0.1, 0.15) is 22.8 Å². The Labute approximate surface area is 233 Å². The number of hydrogen-bond acceptors (Lipinski definition) is 9. The van der Waals surface area contributed by atoms with E-state index in [1.807, 2.05) is 19.9 Å². The zero-order valence-electron chi connectivity index (χ0n) is 23.5. The smallest absolute Gasteiger partial charge is 0.306 e. The fourth-order valence-corrected chi connectivity index (χ4v) is 6.44.